The van der Waals surface area contributed by atoms with Crippen molar-refractivity contribution in [2.45, 2.75) is 278 Å². The second-order valence-corrected chi connectivity index (χ2v) is 18.1. The molecule has 0 amide bonds. The Labute approximate surface area is 348 Å². The molecule has 0 N–H and O–H groups in total. The van der Waals surface area contributed by atoms with E-state index in [9.17, 15) is 14.4 Å². The van der Waals surface area contributed by atoms with Crippen LogP contribution in [0.3, 0.4) is 0 Å². The molecule has 0 fully saturated rings. The van der Waals surface area contributed by atoms with Gasteiger partial charge in [-0.05, 0) is 31.1 Å². The number of unbranched alkanes of at least 4 members (excludes halogenated alkanes) is 29. The van der Waals surface area contributed by atoms with Crippen molar-refractivity contribution < 1.29 is 28.6 Å². The van der Waals surface area contributed by atoms with Crippen molar-refractivity contribution in [2.24, 2.45) is 11.8 Å². The number of carbonyl (C=O) groups is 3. The predicted molar refractivity (Wildman–Crippen MR) is 238 cm³/mol. The van der Waals surface area contributed by atoms with Gasteiger partial charge in [0.25, 0.3) is 0 Å². The van der Waals surface area contributed by atoms with E-state index in [0.29, 0.717) is 19.3 Å². The van der Waals surface area contributed by atoms with Crippen molar-refractivity contribution in [1.82, 2.24) is 0 Å². The maximum absolute atomic E-state index is 12.7. The van der Waals surface area contributed by atoms with Crippen molar-refractivity contribution in [2.75, 3.05) is 13.2 Å². The number of ether oxygens (including phenoxy) is 3. The van der Waals surface area contributed by atoms with E-state index >= 15 is 0 Å². The van der Waals surface area contributed by atoms with E-state index in [1.54, 1.807) is 0 Å². The summed E-state index contributed by atoms with van der Waals surface area (Å²) < 4.78 is 16.8. The molecule has 0 aliphatic carbocycles. The van der Waals surface area contributed by atoms with E-state index in [0.717, 1.165) is 69.6 Å². The quantitative estimate of drug-likeness (QED) is 0.0347. The minimum absolute atomic E-state index is 0.0642. The van der Waals surface area contributed by atoms with Gasteiger partial charge in [-0.15, -0.1) is 0 Å². The highest BCUT2D eigenvalue weighted by atomic mass is 16.6. The maximum atomic E-state index is 12.7. The fraction of sp³-hybridized carbons (Fsp3) is 0.940. The first kappa shape index (κ1) is 54.4. The molecule has 0 spiro atoms. The second-order valence-electron chi connectivity index (χ2n) is 18.1. The average molecular weight is 793 g/mol. The molecule has 6 heteroatoms. The van der Waals surface area contributed by atoms with E-state index in [-0.39, 0.29) is 31.1 Å². The molecule has 0 aliphatic rings. The van der Waals surface area contributed by atoms with Gasteiger partial charge in [-0.1, -0.05) is 234 Å². The van der Waals surface area contributed by atoms with Gasteiger partial charge in [-0.25, -0.2) is 0 Å². The molecule has 0 radical (unpaired) electrons. The van der Waals surface area contributed by atoms with Gasteiger partial charge in [-0.3, -0.25) is 14.4 Å². The minimum atomic E-state index is -0.761. The Bertz CT molecular complexity index is 854. The van der Waals surface area contributed by atoms with Crippen molar-refractivity contribution >= 4 is 17.9 Å². The van der Waals surface area contributed by atoms with E-state index in [2.05, 4.69) is 34.6 Å². The average Bonchev–Trinajstić information content (AvgIpc) is 3.16. The summed E-state index contributed by atoms with van der Waals surface area (Å²) in [5.74, 6) is 0.791. The molecule has 56 heavy (non-hydrogen) atoms. The standard InChI is InChI=1S/C50H96O6/c1-6-7-8-9-10-11-13-20-25-30-35-40-48(51)54-43-47(56-50(53)42-37-32-27-22-17-16-19-24-29-34-39-46(4)5)44-55-49(52)41-36-31-26-21-15-12-14-18-23-28-33-38-45(2)3/h45-47H,6-44H2,1-5H3/t47-/m1/s1. The smallest absolute Gasteiger partial charge is 0.306 e. The lowest BCUT2D eigenvalue weighted by atomic mass is 10.0. The summed E-state index contributed by atoms with van der Waals surface area (Å²) in [6, 6.07) is 0. The number of esters is 3. The molecule has 0 heterocycles. The summed E-state index contributed by atoms with van der Waals surface area (Å²) in [4.78, 5) is 37.8. The Hall–Kier alpha value is -1.59. The Morgan fingerprint density at radius 1 is 0.339 bits per heavy atom. The van der Waals surface area contributed by atoms with Gasteiger partial charge >= 0.3 is 17.9 Å². The van der Waals surface area contributed by atoms with E-state index in [1.807, 2.05) is 0 Å². The van der Waals surface area contributed by atoms with Crippen LogP contribution in [-0.2, 0) is 28.6 Å². The molecule has 0 aromatic heterocycles. The molecule has 0 saturated carbocycles. The first-order valence-electron chi connectivity index (χ1n) is 24.7. The lowest BCUT2D eigenvalue weighted by molar-refractivity contribution is -0.167. The van der Waals surface area contributed by atoms with Crippen molar-refractivity contribution in [1.29, 1.82) is 0 Å². The molecule has 0 bridgehead atoms. The number of rotatable bonds is 44. The predicted octanol–water partition coefficient (Wildman–Crippen LogP) is 15.8. The van der Waals surface area contributed by atoms with Crippen LogP contribution in [0.25, 0.3) is 0 Å². The zero-order valence-electron chi connectivity index (χ0n) is 38.3. The van der Waals surface area contributed by atoms with Crippen LogP contribution in [0, 0.1) is 11.8 Å². The number of hydrogen-bond acceptors (Lipinski definition) is 6. The minimum Gasteiger partial charge on any atom is -0.462 e. The molecule has 0 aromatic rings. The summed E-state index contributed by atoms with van der Waals surface area (Å²) in [5, 5.41) is 0. The molecular weight excluding hydrogens is 697 g/mol. The molecule has 332 valence electrons. The van der Waals surface area contributed by atoms with Gasteiger partial charge in [0, 0.05) is 19.3 Å². The Kier molecular flexibility index (Phi) is 41.8. The van der Waals surface area contributed by atoms with Crippen molar-refractivity contribution in [3.63, 3.8) is 0 Å². The first-order valence-corrected chi connectivity index (χ1v) is 24.7. The topological polar surface area (TPSA) is 78.9 Å². The fourth-order valence-corrected chi connectivity index (χ4v) is 7.46. The van der Waals surface area contributed by atoms with Crippen LogP contribution in [0.1, 0.15) is 272 Å². The Morgan fingerprint density at radius 2 is 0.589 bits per heavy atom. The fourth-order valence-electron chi connectivity index (χ4n) is 7.46. The van der Waals surface area contributed by atoms with Crippen LogP contribution in [0.5, 0.6) is 0 Å². The molecule has 0 saturated heterocycles. The molecule has 1 atom stereocenters. The van der Waals surface area contributed by atoms with E-state index in [4.69, 9.17) is 14.2 Å². The normalized spacial score (nSPS) is 12.1. The largest absolute Gasteiger partial charge is 0.462 e. The third-order valence-electron chi connectivity index (χ3n) is 11.2. The molecular formula is C50H96O6. The molecule has 0 rings (SSSR count). The second kappa shape index (κ2) is 43.0. The van der Waals surface area contributed by atoms with Crippen LogP contribution in [0.2, 0.25) is 0 Å². The zero-order chi connectivity index (χ0) is 41.2. The third kappa shape index (κ3) is 43.5. The molecule has 0 aromatic carbocycles. The number of carbonyl (C=O) groups excluding carboxylic acids is 3. The van der Waals surface area contributed by atoms with Gasteiger partial charge in [-0.2, -0.15) is 0 Å². The van der Waals surface area contributed by atoms with Crippen LogP contribution in [0.4, 0.5) is 0 Å². The monoisotopic (exact) mass is 793 g/mol. The molecule has 0 unspecified atom stereocenters. The zero-order valence-corrected chi connectivity index (χ0v) is 38.3. The summed E-state index contributed by atoms with van der Waals surface area (Å²) >= 11 is 0. The van der Waals surface area contributed by atoms with Gasteiger partial charge in [0.15, 0.2) is 6.10 Å². The highest BCUT2D eigenvalue weighted by Gasteiger charge is 2.19. The van der Waals surface area contributed by atoms with Crippen LogP contribution < -0.4 is 0 Å². The van der Waals surface area contributed by atoms with E-state index < -0.39 is 6.10 Å². The highest BCUT2D eigenvalue weighted by molar-refractivity contribution is 5.71. The lowest BCUT2D eigenvalue weighted by Gasteiger charge is -2.18. The number of hydrogen-bond donors (Lipinski definition) is 0. The summed E-state index contributed by atoms with van der Waals surface area (Å²) in [7, 11) is 0. The Balaban J connectivity index is 4.32. The van der Waals surface area contributed by atoms with E-state index in [1.165, 1.54) is 161 Å². The lowest BCUT2D eigenvalue weighted by Crippen LogP contribution is -2.30. The molecule has 0 aliphatic heterocycles. The van der Waals surface area contributed by atoms with Crippen LogP contribution in [0.15, 0.2) is 0 Å². The molecule has 6 nitrogen and oxygen atoms in total. The maximum Gasteiger partial charge on any atom is 0.306 e. The van der Waals surface area contributed by atoms with Gasteiger partial charge < -0.3 is 14.2 Å². The van der Waals surface area contributed by atoms with Crippen LogP contribution >= 0.6 is 0 Å². The summed E-state index contributed by atoms with van der Waals surface area (Å²) in [6.07, 6.45) is 42.3. The van der Waals surface area contributed by atoms with Gasteiger partial charge in [0.05, 0.1) is 0 Å². The first-order chi connectivity index (χ1) is 27.2. The Morgan fingerprint density at radius 3 is 0.875 bits per heavy atom. The summed E-state index contributed by atoms with van der Waals surface area (Å²) in [6.45, 7) is 11.3. The van der Waals surface area contributed by atoms with Crippen LogP contribution in [-0.4, -0.2) is 37.2 Å². The third-order valence-corrected chi connectivity index (χ3v) is 11.2. The SMILES string of the molecule is CCCCCCCCCCCCCC(=O)OC[C@H](COC(=O)CCCCCCCCCCCCCC(C)C)OC(=O)CCCCCCCCCCCCC(C)C. The van der Waals surface area contributed by atoms with Gasteiger partial charge in [0.1, 0.15) is 13.2 Å². The van der Waals surface area contributed by atoms with Crippen molar-refractivity contribution in [3.05, 3.63) is 0 Å². The van der Waals surface area contributed by atoms with Crippen molar-refractivity contribution in [3.8, 4) is 0 Å². The highest BCUT2D eigenvalue weighted by Crippen LogP contribution is 2.17. The summed E-state index contributed by atoms with van der Waals surface area (Å²) in [5.41, 5.74) is 0. The van der Waals surface area contributed by atoms with Gasteiger partial charge in [0.2, 0.25) is 0 Å².